The van der Waals surface area contributed by atoms with Crippen LogP contribution in [0.25, 0.3) is 0 Å². The fourth-order valence-corrected chi connectivity index (χ4v) is 2.88. The number of rotatable bonds is 7. The smallest absolute Gasteiger partial charge is 0.239 e. The van der Waals surface area contributed by atoms with E-state index in [9.17, 15) is 9.59 Å². The Bertz CT molecular complexity index is 297. The Morgan fingerprint density at radius 3 is 2.30 bits per heavy atom. The molecule has 116 valence electrons. The van der Waals surface area contributed by atoms with Crippen molar-refractivity contribution >= 4 is 11.8 Å². The van der Waals surface area contributed by atoms with Crippen molar-refractivity contribution in [3.63, 3.8) is 0 Å². The Labute approximate surface area is 123 Å². The van der Waals surface area contributed by atoms with Gasteiger partial charge >= 0.3 is 0 Å². The largest absolute Gasteiger partial charge is 0.355 e. The van der Waals surface area contributed by atoms with E-state index in [0.29, 0.717) is 0 Å². The van der Waals surface area contributed by atoms with Crippen LogP contribution in [-0.4, -0.2) is 35.8 Å². The van der Waals surface area contributed by atoms with Crippen molar-refractivity contribution in [2.75, 3.05) is 13.1 Å². The van der Waals surface area contributed by atoms with E-state index >= 15 is 0 Å². The first-order chi connectivity index (χ1) is 9.65. The van der Waals surface area contributed by atoms with E-state index in [1.165, 1.54) is 25.7 Å². The average molecular weight is 282 g/mol. The van der Waals surface area contributed by atoms with Gasteiger partial charge in [0.15, 0.2) is 0 Å². The second-order valence-electron chi connectivity index (χ2n) is 5.85. The molecule has 0 aromatic rings. The molecular formula is C16H30N2O2. The summed E-state index contributed by atoms with van der Waals surface area (Å²) in [6.07, 6.45) is 10.3. The molecule has 20 heavy (non-hydrogen) atoms. The molecule has 0 aromatic carbocycles. The van der Waals surface area contributed by atoms with Gasteiger partial charge in [-0.3, -0.25) is 9.59 Å². The minimum absolute atomic E-state index is 0.0134. The zero-order valence-corrected chi connectivity index (χ0v) is 13.1. The van der Waals surface area contributed by atoms with E-state index in [2.05, 4.69) is 12.2 Å². The maximum atomic E-state index is 11.9. The van der Waals surface area contributed by atoms with Gasteiger partial charge in [0, 0.05) is 19.5 Å². The van der Waals surface area contributed by atoms with Gasteiger partial charge in [0.05, 0.1) is 6.54 Å². The van der Waals surface area contributed by atoms with Crippen molar-refractivity contribution in [3.05, 3.63) is 0 Å². The summed E-state index contributed by atoms with van der Waals surface area (Å²) in [5.41, 5.74) is 0. The molecule has 0 radical (unpaired) electrons. The van der Waals surface area contributed by atoms with E-state index < -0.39 is 0 Å². The summed E-state index contributed by atoms with van der Waals surface area (Å²) in [4.78, 5) is 25.5. The van der Waals surface area contributed by atoms with Crippen LogP contribution in [0.2, 0.25) is 0 Å². The monoisotopic (exact) mass is 282 g/mol. The lowest BCUT2D eigenvalue weighted by Gasteiger charge is -2.29. The van der Waals surface area contributed by atoms with E-state index in [0.717, 1.165) is 38.6 Å². The molecule has 4 nitrogen and oxygen atoms in total. The van der Waals surface area contributed by atoms with Crippen molar-refractivity contribution in [3.8, 4) is 0 Å². The minimum atomic E-state index is -0.0134. The molecule has 4 heteroatoms. The van der Waals surface area contributed by atoms with E-state index in [1.54, 1.807) is 11.8 Å². The highest BCUT2D eigenvalue weighted by Crippen LogP contribution is 2.21. The molecule has 0 bridgehead atoms. The Morgan fingerprint density at radius 2 is 1.75 bits per heavy atom. The Balaban J connectivity index is 2.41. The molecule has 1 aliphatic rings. The molecule has 0 heterocycles. The Hall–Kier alpha value is -1.06. The predicted molar refractivity (Wildman–Crippen MR) is 81.4 cm³/mol. The molecule has 2 amide bonds. The molecule has 0 atom stereocenters. The van der Waals surface area contributed by atoms with Crippen LogP contribution in [0.1, 0.15) is 71.6 Å². The maximum absolute atomic E-state index is 11.9. The van der Waals surface area contributed by atoms with Crippen molar-refractivity contribution in [2.24, 2.45) is 0 Å². The lowest BCUT2D eigenvalue weighted by atomic mass is 10.1. The number of hydrogen-bond donors (Lipinski definition) is 1. The van der Waals surface area contributed by atoms with E-state index in [1.807, 2.05) is 0 Å². The van der Waals surface area contributed by atoms with Crippen molar-refractivity contribution in [1.29, 1.82) is 0 Å². The third-order valence-electron chi connectivity index (χ3n) is 4.09. The summed E-state index contributed by atoms with van der Waals surface area (Å²) in [6.45, 7) is 4.68. The van der Waals surface area contributed by atoms with Crippen molar-refractivity contribution < 1.29 is 9.59 Å². The fourth-order valence-electron chi connectivity index (χ4n) is 2.88. The molecule has 1 N–H and O–H groups in total. The lowest BCUT2D eigenvalue weighted by Crippen LogP contribution is -2.45. The van der Waals surface area contributed by atoms with Crippen LogP contribution in [0, 0.1) is 0 Å². The summed E-state index contributed by atoms with van der Waals surface area (Å²) in [5.74, 6) is 0.0150. The van der Waals surface area contributed by atoms with Crippen LogP contribution in [-0.2, 0) is 9.59 Å². The highest BCUT2D eigenvalue weighted by Gasteiger charge is 2.24. The van der Waals surface area contributed by atoms with Gasteiger partial charge < -0.3 is 10.2 Å². The van der Waals surface area contributed by atoms with Crippen LogP contribution < -0.4 is 5.32 Å². The van der Waals surface area contributed by atoms with Crippen molar-refractivity contribution in [1.82, 2.24) is 10.2 Å². The molecule has 0 saturated heterocycles. The standard InChI is InChI=1S/C16H30N2O2/c1-3-4-9-12-17-16(20)13-18(14(2)19)15-10-7-5-6-8-11-15/h15H,3-13H2,1-2H3,(H,17,20). The Morgan fingerprint density at radius 1 is 1.10 bits per heavy atom. The third-order valence-corrected chi connectivity index (χ3v) is 4.09. The molecule has 0 aromatic heterocycles. The topological polar surface area (TPSA) is 49.4 Å². The molecule has 0 aliphatic heterocycles. The molecule has 1 rings (SSSR count). The van der Waals surface area contributed by atoms with Gasteiger partial charge in [0.2, 0.25) is 11.8 Å². The molecular weight excluding hydrogens is 252 g/mol. The van der Waals surface area contributed by atoms with Crippen LogP contribution in [0.15, 0.2) is 0 Å². The van der Waals surface area contributed by atoms with Crippen LogP contribution in [0.5, 0.6) is 0 Å². The number of hydrogen-bond acceptors (Lipinski definition) is 2. The molecule has 1 aliphatic carbocycles. The SMILES string of the molecule is CCCCCNC(=O)CN(C(C)=O)C1CCCCCC1. The number of nitrogens with zero attached hydrogens (tertiary/aromatic N) is 1. The zero-order valence-electron chi connectivity index (χ0n) is 13.1. The van der Waals surface area contributed by atoms with Gasteiger partial charge in [-0.25, -0.2) is 0 Å². The predicted octanol–water partition coefficient (Wildman–Crippen LogP) is 2.86. The number of carbonyl (C=O) groups is 2. The molecule has 0 unspecified atom stereocenters. The minimum Gasteiger partial charge on any atom is -0.355 e. The number of amides is 2. The summed E-state index contributed by atoms with van der Waals surface area (Å²) >= 11 is 0. The van der Waals surface area contributed by atoms with Crippen LogP contribution in [0.3, 0.4) is 0 Å². The number of carbonyl (C=O) groups excluding carboxylic acids is 2. The summed E-state index contributed by atoms with van der Waals surface area (Å²) in [5, 5.41) is 2.92. The second-order valence-corrected chi connectivity index (χ2v) is 5.85. The second kappa shape index (κ2) is 9.78. The van der Waals surface area contributed by atoms with Gasteiger partial charge in [-0.2, -0.15) is 0 Å². The maximum Gasteiger partial charge on any atom is 0.239 e. The third kappa shape index (κ3) is 6.40. The van der Waals surface area contributed by atoms with Crippen LogP contribution >= 0.6 is 0 Å². The highest BCUT2D eigenvalue weighted by atomic mass is 16.2. The first-order valence-corrected chi connectivity index (χ1v) is 8.19. The van der Waals surface area contributed by atoms with Gasteiger partial charge in [0.1, 0.15) is 0 Å². The van der Waals surface area contributed by atoms with E-state index in [-0.39, 0.29) is 24.4 Å². The van der Waals surface area contributed by atoms with Crippen molar-refractivity contribution in [2.45, 2.75) is 77.7 Å². The summed E-state index contributed by atoms with van der Waals surface area (Å²) < 4.78 is 0. The summed E-state index contributed by atoms with van der Waals surface area (Å²) in [7, 11) is 0. The molecule has 1 fully saturated rings. The fraction of sp³-hybridized carbons (Fsp3) is 0.875. The Kier molecular flexibility index (Phi) is 8.31. The average Bonchev–Trinajstić information content (AvgIpc) is 2.69. The van der Waals surface area contributed by atoms with Gasteiger partial charge in [-0.15, -0.1) is 0 Å². The summed E-state index contributed by atoms with van der Waals surface area (Å²) in [6, 6.07) is 0.261. The number of nitrogens with one attached hydrogen (secondary N) is 1. The first kappa shape index (κ1) is 17.0. The van der Waals surface area contributed by atoms with E-state index in [4.69, 9.17) is 0 Å². The van der Waals surface area contributed by atoms with Gasteiger partial charge in [-0.1, -0.05) is 45.4 Å². The zero-order chi connectivity index (χ0) is 14.8. The molecule has 0 spiro atoms. The highest BCUT2D eigenvalue weighted by molar-refractivity contribution is 5.83. The molecule has 1 saturated carbocycles. The number of unbranched alkanes of at least 4 members (excludes halogenated alkanes) is 2. The first-order valence-electron chi connectivity index (χ1n) is 8.19. The van der Waals surface area contributed by atoms with Gasteiger partial charge in [0.25, 0.3) is 0 Å². The normalized spacial score (nSPS) is 16.5. The van der Waals surface area contributed by atoms with Gasteiger partial charge in [-0.05, 0) is 19.3 Å². The quantitative estimate of drug-likeness (QED) is 0.576. The lowest BCUT2D eigenvalue weighted by molar-refractivity contribution is -0.136. The van der Waals surface area contributed by atoms with Crippen LogP contribution in [0.4, 0.5) is 0 Å².